The van der Waals surface area contributed by atoms with Crippen molar-refractivity contribution in [2.75, 3.05) is 5.01 Å². The molecule has 5 nitrogen and oxygen atoms in total. The van der Waals surface area contributed by atoms with Gasteiger partial charge in [-0.25, -0.2) is 0 Å². The molecule has 0 radical (unpaired) electrons. The minimum atomic E-state index is -0.275. The Balaban J connectivity index is 1.89. The molecular formula is C22H23N3O2. The van der Waals surface area contributed by atoms with Gasteiger partial charge in [-0.15, -0.1) is 0 Å². The van der Waals surface area contributed by atoms with Crippen LogP contribution in [0.5, 0.6) is 0 Å². The predicted octanol–water partition coefficient (Wildman–Crippen LogP) is 4.19. The van der Waals surface area contributed by atoms with E-state index < -0.39 is 0 Å². The van der Waals surface area contributed by atoms with Crippen LogP contribution < -0.4 is 10.4 Å². The first-order valence-electron chi connectivity index (χ1n) is 8.85. The zero-order chi connectivity index (χ0) is 19.4. The minimum absolute atomic E-state index is 0.0514. The van der Waals surface area contributed by atoms with Crippen molar-refractivity contribution in [3.63, 3.8) is 0 Å². The van der Waals surface area contributed by atoms with Crippen LogP contribution in [0.4, 0.5) is 5.69 Å². The summed E-state index contributed by atoms with van der Waals surface area (Å²) < 4.78 is 0. The monoisotopic (exact) mass is 361 g/mol. The van der Waals surface area contributed by atoms with E-state index in [0.29, 0.717) is 29.1 Å². The number of rotatable bonds is 6. The standard InChI is InChI=1S/C22H23N3O2/c1-15-20(17(3)26)16(2)23-21(15)22(27)24-25(19-12-8-5-9-13-19)14-18-10-6-4-7-11-18/h4-13,23H,14H2,1-3H3,(H,24,27). The quantitative estimate of drug-likeness (QED) is 0.511. The molecule has 0 aliphatic rings. The minimum Gasteiger partial charge on any atom is -0.354 e. The average molecular weight is 361 g/mol. The normalized spacial score (nSPS) is 10.5. The Morgan fingerprint density at radius 2 is 1.56 bits per heavy atom. The van der Waals surface area contributed by atoms with Gasteiger partial charge in [0, 0.05) is 11.3 Å². The topological polar surface area (TPSA) is 65.2 Å². The Morgan fingerprint density at radius 3 is 2.11 bits per heavy atom. The molecule has 0 spiro atoms. The van der Waals surface area contributed by atoms with Gasteiger partial charge in [0.05, 0.1) is 12.2 Å². The van der Waals surface area contributed by atoms with Gasteiger partial charge in [0.15, 0.2) is 5.78 Å². The Bertz CT molecular complexity index is 946. The number of hydrazine groups is 1. The zero-order valence-electron chi connectivity index (χ0n) is 15.7. The van der Waals surface area contributed by atoms with Crippen molar-refractivity contribution >= 4 is 17.4 Å². The fourth-order valence-electron chi connectivity index (χ4n) is 3.25. The highest BCUT2D eigenvalue weighted by Crippen LogP contribution is 2.20. The van der Waals surface area contributed by atoms with Crippen LogP contribution in [0.1, 0.15) is 44.6 Å². The summed E-state index contributed by atoms with van der Waals surface area (Å²) in [6, 6.07) is 19.6. The number of amides is 1. The van der Waals surface area contributed by atoms with Crippen molar-refractivity contribution in [3.05, 3.63) is 88.7 Å². The summed E-state index contributed by atoms with van der Waals surface area (Å²) in [5.41, 5.74) is 7.29. The number of H-pyrrole nitrogens is 1. The number of aryl methyl sites for hydroxylation is 1. The van der Waals surface area contributed by atoms with Crippen LogP contribution in [-0.2, 0) is 6.54 Å². The summed E-state index contributed by atoms with van der Waals surface area (Å²) in [4.78, 5) is 27.8. The highest BCUT2D eigenvalue weighted by atomic mass is 16.2. The Morgan fingerprint density at radius 1 is 0.963 bits per heavy atom. The fraction of sp³-hybridized carbons (Fsp3) is 0.182. The highest BCUT2D eigenvalue weighted by molar-refractivity contribution is 6.02. The molecule has 0 aliphatic heterocycles. The molecule has 3 aromatic rings. The first-order chi connectivity index (χ1) is 13.0. The molecule has 1 aromatic heterocycles. The molecule has 2 N–H and O–H groups in total. The molecule has 0 bridgehead atoms. The van der Waals surface area contributed by atoms with Crippen LogP contribution in [-0.4, -0.2) is 16.7 Å². The maximum atomic E-state index is 12.9. The van der Waals surface area contributed by atoms with Gasteiger partial charge in [-0.2, -0.15) is 0 Å². The molecule has 0 aliphatic carbocycles. The maximum Gasteiger partial charge on any atom is 0.286 e. The summed E-state index contributed by atoms with van der Waals surface area (Å²) in [6.07, 6.45) is 0. The lowest BCUT2D eigenvalue weighted by molar-refractivity contribution is 0.0943. The number of nitrogens with one attached hydrogen (secondary N) is 2. The van der Waals surface area contributed by atoms with E-state index in [0.717, 1.165) is 11.3 Å². The number of hydrogen-bond donors (Lipinski definition) is 2. The summed E-state index contributed by atoms with van der Waals surface area (Å²) in [5.74, 6) is -0.326. The van der Waals surface area contributed by atoms with Gasteiger partial charge in [0.2, 0.25) is 0 Å². The third-order valence-corrected chi connectivity index (χ3v) is 4.50. The van der Waals surface area contributed by atoms with E-state index in [-0.39, 0.29) is 11.7 Å². The molecule has 0 saturated heterocycles. The van der Waals surface area contributed by atoms with E-state index in [1.807, 2.05) is 60.7 Å². The van der Waals surface area contributed by atoms with E-state index >= 15 is 0 Å². The van der Waals surface area contributed by atoms with E-state index in [9.17, 15) is 9.59 Å². The second kappa shape index (κ2) is 7.91. The van der Waals surface area contributed by atoms with Gasteiger partial charge >= 0.3 is 0 Å². The van der Waals surface area contributed by atoms with Crippen molar-refractivity contribution in [3.8, 4) is 0 Å². The van der Waals surface area contributed by atoms with Crippen LogP contribution in [0, 0.1) is 13.8 Å². The van der Waals surface area contributed by atoms with Gasteiger partial charge in [-0.05, 0) is 44.0 Å². The summed E-state index contributed by atoms with van der Waals surface area (Å²) in [5, 5.41) is 1.81. The molecule has 1 heterocycles. The molecule has 0 saturated carbocycles. The van der Waals surface area contributed by atoms with E-state index in [4.69, 9.17) is 0 Å². The van der Waals surface area contributed by atoms with Crippen LogP contribution in [0.15, 0.2) is 60.7 Å². The predicted molar refractivity (Wildman–Crippen MR) is 107 cm³/mol. The lowest BCUT2D eigenvalue weighted by Gasteiger charge is -2.25. The fourth-order valence-corrected chi connectivity index (χ4v) is 3.25. The van der Waals surface area contributed by atoms with E-state index in [2.05, 4.69) is 10.4 Å². The van der Waals surface area contributed by atoms with Crippen molar-refractivity contribution in [1.29, 1.82) is 0 Å². The third-order valence-electron chi connectivity index (χ3n) is 4.50. The number of carbonyl (C=O) groups excluding carboxylic acids is 2. The average Bonchev–Trinajstić information content (AvgIpc) is 2.97. The molecule has 27 heavy (non-hydrogen) atoms. The van der Waals surface area contributed by atoms with E-state index in [1.54, 1.807) is 18.9 Å². The number of para-hydroxylation sites is 1. The van der Waals surface area contributed by atoms with Gasteiger partial charge in [-0.3, -0.25) is 20.0 Å². The molecule has 0 unspecified atom stereocenters. The molecular weight excluding hydrogens is 338 g/mol. The summed E-state index contributed by atoms with van der Waals surface area (Å²) in [7, 11) is 0. The zero-order valence-corrected chi connectivity index (χ0v) is 15.7. The smallest absolute Gasteiger partial charge is 0.286 e. The number of benzene rings is 2. The lowest BCUT2D eigenvalue weighted by Crippen LogP contribution is -2.42. The molecule has 0 atom stereocenters. The third kappa shape index (κ3) is 4.08. The summed E-state index contributed by atoms with van der Waals surface area (Å²) in [6.45, 7) is 5.63. The molecule has 2 aromatic carbocycles. The number of Topliss-reactive ketones (excluding diaryl/α,β-unsaturated/α-hetero) is 1. The van der Waals surface area contributed by atoms with Crippen LogP contribution >= 0.6 is 0 Å². The molecule has 5 heteroatoms. The first kappa shape index (κ1) is 18.5. The first-order valence-corrected chi connectivity index (χ1v) is 8.85. The number of nitrogens with zero attached hydrogens (tertiary/aromatic N) is 1. The Kier molecular flexibility index (Phi) is 5.41. The molecule has 1 amide bonds. The number of carbonyl (C=O) groups is 2. The molecule has 3 rings (SSSR count). The maximum absolute atomic E-state index is 12.9. The van der Waals surface area contributed by atoms with E-state index in [1.165, 1.54) is 6.92 Å². The number of anilines is 1. The number of aromatic amines is 1. The van der Waals surface area contributed by atoms with Crippen LogP contribution in [0.2, 0.25) is 0 Å². The van der Waals surface area contributed by atoms with Crippen LogP contribution in [0.3, 0.4) is 0 Å². The van der Waals surface area contributed by atoms with Gasteiger partial charge in [0.1, 0.15) is 5.69 Å². The Labute approximate surface area is 159 Å². The van der Waals surface area contributed by atoms with Crippen LogP contribution in [0.25, 0.3) is 0 Å². The van der Waals surface area contributed by atoms with Crippen molar-refractivity contribution in [2.24, 2.45) is 0 Å². The van der Waals surface area contributed by atoms with Crippen molar-refractivity contribution in [1.82, 2.24) is 10.4 Å². The van der Waals surface area contributed by atoms with Gasteiger partial charge < -0.3 is 4.98 Å². The Hall–Kier alpha value is -3.34. The number of aromatic nitrogens is 1. The second-order valence-corrected chi connectivity index (χ2v) is 6.53. The summed E-state index contributed by atoms with van der Waals surface area (Å²) >= 11 is 0. The van der Waals surface area contributed by atoms with Gasteiger partial charge in [-0.1, -0.05) is 48.5 Å². The van der Waals surface area contributed by atoms with Gasteiger partial charge in [0.25, 0.3) is 5.91 Å². The number of hydrogen-bond acceptors (Lipinski definition) is 3. The SMILES string of the molecule is CC(=O)c1c(C)[nH]c(C(=O)NN(Cc2ccccc2)c2ccccc2)c1C. The lowest BCUT2D eigenvalue weighted by atomic mass is 10.1. The van der Waals surface area contributed by atoms with Crippen molar-refractivity contribution < 1.29 is 9.59 Å². The van der Waals surface area contributed by atoms with Crippen molar-refractivity contribution in [2.45, 2.75) is 27.3 Å². The highest BCUT2D eigenvalue weighted by Gasteiger charge is 2.21. The molecule has 138 valence electrons. The number of ketones is 1. The largest absolute Gasteiger partial charge is 0.354 e. The second-order valence-electron chi connectivity index (χ2n) is 6.53. The molecule has 0 fully saturated rings.